The first-order valence-corrected chi connectivity index (χ1v) is 9.34. The van der Waals surface area contributed by atoms with E-state index in [1.807, 2.05) is 54.6 Å². The van der Waals surface area contributed by atoms with Crippen molar-refractivity contribution in [2.24, 2.45) is 5.73 Å². The van der Waals surface area contributed by atoms with Crippen LogP contribution in [0, 0.1) is 5.82 Å². The molecule has 0 aromatic heterocycles. The summed E-state index contributed by atoms with van der Waals surface area (Å²) in [6.07, 6.45) is 0.771. The lowest BCUT2D eigenvalue weighted by Crippen LogP contribution is -2.10. The summed E-state index contributed by atoms with van der Waals surface area (Å²) < 4.78 is 19.7. The second-order valence-electron chi connectivity index (χ2n) is 6.40. The third kappa shape index (κ3) is 4.41. The van der Waals surface area contributed by atoms with Gasteiger partial charge in [0.1, 0.15) is 12.4 Å². The lowest BCUT2D eigenvalue weighted by Gasteiger charge is -2.17. The van der Waals surface area contributed by atoms with Crippen LogP contribution in [0.3, 0.4) is 0 Å². The van der Waals surface area contributed by atoms with Gasteiger partial charge in [-0.15, -0.1) is 0 Å². The van der Waals surface area contributed by atoms with Crippen molar-refractivity contribution in [3.8, 4) is 11.5 Å². The molecule has 3 N–H and O–H groups in total. The first-order chi connectivity index (χ1) is 13.6. The molecule has 3 aromatic carbocycles. The maximum absolute atomic E-state index is 14.1. The van der Waals surface area contributed by atoms with Gasteiger partial charge in [-0.1, -0.05) is 55.5 Å². The fraction of sp³-hybridized carbons (Fsp3) is 0.167. The topological polar surface area (TPSA) is 55.5 Å². The Morgan fingerprint density at radius 2 is 1.61 bits per heavy atom. The van der Waals surface area contributed by atoms with E-state index < -0.39 is 5.82 Å². The molecule has 0 aliphatic rings. The Balaban J connectivity index is 2.16. The van der Waals surface area contributed by atoms with E-state index in [1.54, 1.807) is 6.07 Å². The van der Waals surface area contributed by atoms with Gasteiger partial charge in [0.05, 0.1) is 0 Å². The molecule has 0 atom stereocenters. The summed E-state index contributed by atoms with van der Waals surface area (Å²) in [7, 11) is 0. The Kier molecular flexibility index (Phi) is 6.45. The van der Waals surface area contributed by atoms with Crippen LogP contribution in [0.2, 0.25) is 0 Å². The molecule has 3 nitrogen and oxygen atoms in total. The van der Waals surface area contributed by atoms with Gasteiger partial charge in [0.25, 0.3) is 0 Å². The summed E-state index contributed by atoms with van der Waals surface area (Å²) in [6.45, 7) is 2.99. The van der Waals surface area contributed by atoms with Crippen molar-refractivity contribution in [1.82, 2.24) is 0 Å². The van der Waals surface area contributed by atoms with Gasteiger partial charge in [0, 0.05) is 6.54 Å². The smallest absolute Gasteiger partial charge is 0.165 e. The van der Waals surface area contributed by atoms with E-state index >= 15 is 0 Å². The normalized spacial score (nSPS) is 11.8. The minimum absolute atomic E-state index is 0.355. The highest BCUT2D eigenvalue weighted by Crippen LogP contribution is 2.36. The van der Waals surface area contributed by atoms with E-state index in [0.717, 1.165) is 34.4 Å². The number of aromatic hydroxyl groups is 1. The maximum Gasteiger partial charge on any atom is 0.165 e. The zero-order chi connectivity index (χ0) is 19.9. The van der Waals surface area contributed by atoms with Crippen LogP contribution in [0.5, 0.6) is 11.5 Å². The minimum Gasteiger partial charge on any atom is -0.505 e. The van der Waals surface area contributed by atoms with Crippen molar-refractivity contribution in [1.29, 1.82) is 0 Å². The lowest BCUT2D eigenvalue weighted by molar-refractivity contribution is 0.328. The lowest BCUT2D eigenvalue weighted by atomic mass is 9.88. The summed E-state index contributed by atoms with van der Waals surface area (Å²) in [5, 5.41) is 9.61. The maximum atomic E-state index is 14.1. The summed E-state index contributed by atoms with van der Waals surface area (Å²) in [4.78, 5) is 0. The van der Waals surface area contributed by atoms with Crippen LogP contribution in [0.1, 0.15) is 30.0 Å². The molecular weight excluding hydrogens is 353 g/mol. The molecule has 0 radical (unpaired) electrons. The SMILES string of the molecule is CC/C(=C(/c1ccc(OCCN)cc1)c1ccc(O)c(F)c1)c1ccccc1. The zero-order valence-corrected chi connectivity index (χ0v) is 15.9. The number of nitrogens with two attached hydrogens (primary N) is 1. The van der Waals surface area contributed by atoms with Crippen molar-refractivity contribution >= 4 is 11.1 Å². The molecular formula is C24H24FNO2. The fourth-order valence-electron chi connectivity index (χ4n) is 3.24. The molecule has 0 aliphatic carbocycles. The molecule has 0 bridgehead atoms. The second kappa shape index (κ2) is 9.20. The number of hydrogen-bond acceptors (Lipinski definition) is 3. The first-order valence-electron chi connectivity index (χ1n) is 9.34. The van der Waals surface area contributed by atoms with Crippen molar-refractivity contribution in [3.05, 3.63) is 95.3 Å². The zero-order valence-electron chi connectivity index (χ0n) is 15.9. The van der Waals surface area contributed by atoms with E-state index in [-0.39, 0.29) is 5.75 Å². The molecule has 3 rings (SSSR count). The van der Waals surface area contributed by atoms with Crippen LogP contribution in [0.4, 0.5) is 4.39 Å². The van der Waals surface area contributed by atoms with E-state index in [1.165, 1.54) is 12.1 Å². The average molecular weight is 377 g/mol. The molecule has 0 heterocycles. The highest BCUT2D eigenvalue weighted by molar-refractivity contribution is 5.98. The number of rotatable bonds is 7. The Morgan fingerprint density at radius 3 is 2.21 bits per heavy atom. The molecule has 4 heteroatoms. The van der Waals surface area contributed by atoms with Crippen LogP contribution >= 0.6 is 0 Å². The van der Waals surface area contributed by atoms with Crippen LogP contribution in [0.15, 0.2) is 72.8 Å². The number of hydrogen-bond donors (Lipinski definition) is 2. The van der Waals surface area contributed by atoms with Gasteiger partial charge in [-0.05, 0) is 58.5 Å². The van der Waals surface area contributed by atoms with Crippen molar-refractivity contribution in [2.45, 2.75) is 13.3 Å². The molecule has 0 amide bonds. The third-order valence-electron chi connectivity index (χ3n) is 4.54. The quantitative estimate of drug-likeness (QED) is 0.554. The van der Waals surface area contributed by atoms with Crippen LogP contribution in [-0.2, 0) is 0 Å². The number of benzene rings is 3. The van der Waals surface area contributed by atoms with Crippen LogP contribution < -0.4 is 10.5 Å². The highest BCUT2D eigenvalue weighted by Gasteiger charge is 2.15. The summed E-state index contributed by atoms with van der Waals surface area (Å²) >= 11 is 0. The Morgan fingerprint density at radius 1 is 0.929 bits per heavy atom. The van der Waals surface area contributed by atoms with Gasteiger partial charge in [-0.2, -0.15) is 0 Å². The van der Waals surface area contributed by atoms with Gasteiger partial charge in [-0.25, -0.2) is 4.39 Å². The van der Waals surface area contributed by atoms with Crippen LogP contribution in [-0.4, -0.2) is 18.3 Å². The Bertz CT molecular complexity index is 950. The summed E-state index contributed by atoms with van der Waals surface area (Å²) in [5.41, 5.74) is 10.3. The predicted molar refractivity (Wildman–Crippen MR) is 112 cm³/mol. The number of ether oxygens (including phenoxy) is 1. The summed E-state index contributed by atoms with van der Waals surface area (Å²) in [6, 6.07) is 22.3. The molecule has 144 valence electrons. The molecule has 3 aromatic rings. The fourth-order valence-corrected chi connectivity index (χ4v) is 3.24. The van der Waals surface area contributed by atoms with Gasteiger partial charge in [-0.3, -0.25) is 0 Å². The minimum atomic E-state index is -0.638. The van der Waals surface area contributed by atoms with Gasteiger partial charge < -0.3 is 15.6 Å². The molecule has 0 spiro atoms. The number of halogens is 1. The Hall–Kier alpha value is -3.11. The van der Waals surface area contributed by atoms with E-state index in [0.29, 0.717) is 18.7 Å². The predicted octanol–water partition coefficient (Wildman–Crippen LogP) is 5.24. The monoisotopic (exact) mass is 377 g/mol. The van der Waals surface area contributed by atoms with Crippen molar-refractivity contribution in [2.75, 3.05) is 13.2 Å². The number of allylic oxidation sites excluding steroid dienone is 1. The van der Waals surface area contributed by atoms with E-state index in [9.17, 15) is 9.50 Å². The molecule has 0 saturated carbocycles. The van der Waals surface area contributed by atoms with Crippen molar-refractivity contribution in [3.63, 3.8) is 0 Å². The van der Waals surface area contributed by atoms with Gasteiger partial charge >= 0.3 is 0 Å². The molecule has 0 unspecified atom stereocenters. The first kappa shape index (κ1) is 19.6. The van der Waals surface area contributed by atoms with Crippen molar-refractivity contribution < 1.29 is 14.2 Å². The average Bonchev–Trinajstić information content (AvgIpc) is 2.74. The number of phenolic OH excluding ortho intramolecular Hbond substituents is 1. The molecule has 28 heavy (non-hydrogen) atoms. The summed E-state index contributed by atoms with van der Waals surface area (Å²) in [5.74, 6) is -0.254. The largest absolute Gasteiger partial charge is 0.505 e. The van der Waals surface area contributed by atoms with E-state index in [4.69, 9.17) is 10.5 Å². The third-order valence-corrected chi connectivity index (χ3v) is 4.54. The molecule has 0 fully saturated rings. The number of phenols is 1. The molecule has 0 aliphatic heterocycles. The second-order valence-corrected chi connectivity index (χ2v) is 6.40. The van der Waals surface area contributed by atoms with Crippen LogP contribution in [0.25, 0.3) is 11.1 Å². The van der Waals surface area contributed by atoms with Gasteiger partial charge in [0.15, 0.2) is 11.6 Å². The standard InChI is InChI=1S/C24H24FNO2/c1-2-21(17-6-4-3-5-7-17)24(19-10-13-23(27)22(25)16-19)18-8-11-20(12-9-18)28-15-14-26/h3-13,16,27H,2,14-15,26H2,1H3/b24-21+. The Labute approximate surface area is 164 Å². The molecule has 0 saturated heterocycles. The highest BCUT2D eigenvalue weighted by atomic mass is 19.1. The van der Waals surface area contributed by atoms with E-state index in [2.05, 4.69) is 6.92 Å². The van der Waals surface area contributed by atoms with Gasteiger partial charge in [0.2, 0.25) is 0 Å².